The molecule has 8 nitrogen and oxygen atoms in total. The Morgan fingerprint density at radius 3 is 2.20 bits per heavy atom. The Hall–Kier alpha value is -3.85. The number of rotatable bonds is 12. The van der Waals surface area contributed by atoms with Crippen LogP contribution in [0.25, 0.3) is 0 Å². The van der Waals surface area contributed by atoms with Crippen LogP contribution in [-0.2, 0) is 26.2 Å². The standard InChI is InChI=1S/C32H41N3O5S/c1-8-25(5)33-32(37)26(6)34(20-27-10-9-11-28(19-27)40-7)31(36)21-35(30-17-14-23(3)18-24(30)4)41(38,39)29-15-12-22(2)13-16-29/h9-19,25-26H,8,20-21H2,1-7H3,(H,33,37)/t25-,26-/m0/s1. The Labute approximate surface area is 244 Å². The Kier molecular flexibility index (Phi) is 10.6. The third kappa shape index (κ3) is 7.88. The first-order chi connectivity index (χ1) is 19.4. The molecule has 0 aliphatic carbocycles. The van der Waals surface area contributed by atoms with E-state index in [4.69, 9.17) is 4.74 Å². The second-order valence-corrected chi connectivity index (χ2v) is 12.3. The van der Waals surface area contributed by atoms with Crippen LogP contribution in [-0.4, -0.2) is 50.9 Å². The van der Waals surface area contributed by atoms with Crippen molar-refractivity contribution in [2.45, 2.75) is 71.5 Å². The van der Waals surface area contributed by atoms with E-state index in [-0.39, 0.29) is 23.4 Å². The summed E-state index contributed by atoms with van der Waals surface area (Å²) < 4.78 is 34.6. The molecule has 9 heteroatoms. The number of aryl methyl sites for hydroxylation is 3. The van der Waals surface area contributed by atoms with E-state index in [9.17, 15) is 18.0 Å². The zero-order valence-electron chi connectivity index (χ0n) is 25.0. The van der Waals surface area contributed by atoms with Crippen molar-refractivity contribution in [3.8, 4) is 5.75 Å². The van der Waals surface area contributed by atoms with E-state index in [0.717, 1.165) is 33.0 Å². The number of nitrogens with one attached hydrogen (secondary N) is 1. The van der Waals surface area contributed by atoms with Crippen molar-refractivity contribution >= 4 is 27.5 Å². The molecule has 0 saturated heterocycles. The molecular formula is C32H41N3O5S. The number of hydrogen-bond acceptors (Lipinski definition) is 5. The number of carbonyl (C=O) groups excluding carboxylic acids is 2. The lowest BCUT2D eigenvalue weighted by atomic mass is 10.1. The third-order valence-electron chi connectivity index (χ3n) is 7.16. The van der Waals surface area contributed by atoms with E-state index in [1.165, 1.54) is 4.90 Å². The quantitative estimate of drug-likeness (QED) is 0.320. The van der Waals surface area contributed by atoms with Gasteiger partial charge in [-0.3, -0.25) is 13.9 Å². The highest BCUT2D eigenvalue weighted by molar-refractivity contribution is 7.92. The van der Waals surface area contributed by atoms with Gasteiger partial charge in [-0.1, -0.05) is 54.4 Å². The van der Waals surface area contributed by atoms with Gasteiger partial charge in [0.15, 0.2) is 0 Å². The summed E-state index contributed by atoms with van der Waals surface area (Å²) in [5.41, 5.74) is 3.77. The molecule has 41 heavy (non-hydrogen) atoms. The number of amides is 2. The van der Waals surface area contributed by atoms with Gasteiger partial charge < -0.3 is 15.0 Å². The predicted octanol–water partition coefficient (Wildman–Crippen LogP) is 5.15. The van der Waals surface area contributed by atoms with E-state index in [0.29, 0.717) is 11.4 Å². The molecule has 0 aliphatic rings. The van der Waals surface area contributed by atoms with E-state index in [1.807, 2.05) is 58.9 Å². The lowest BCUT2D eigenvalue weighted by molar-refractivity contribution is -0.139. The summed E-state index contributed by atoms with van der Waals surface area (Å²) in [4.78, 5) is 28.8. The lowest BCUT2D eigenvalue weighted by Crippen LogP contribution is -2.52. The number of sulfonamides is 1. The molecule has 0 aromatic heterocycles. The number of methoxy groups -OCH3 is 1. The largest absolute Gasteiger partial charge is 0.497 e. The van der Waals surface area contributed by atoms with Gasteiger partial charge in [0.2, 0.25) is 11.8 Å². The fourth-order valence-corrected chi connectivity index (χ4v) is 5.93. The number of ether oxygens (including phenoxy) is 1. The van der Waals surface area contributed by atoms with E-state index < -0.39 is 28.5 Å². The number of carbonyl (C=O) groups is 2. The smallest absolute Gasteiger partial charge is 0.264 e. The summed E-state index contributed by atoms with van der Waals surface area (Å²) in [5, 5.41) is 2.95. The third-order valence-corrected chi connectivity index (χ3v) is 8.94. The van der Waals surface area contributed by atoms with Gasteiger partial charge in [0.1, 0.15) is 18.3 Å². The van der Waals surface area contributed by atoms with Gasteiger partial charge in [-0.15, -0.1) is 0 Å². The molecule has 3 aromatic carbocycles. The second-order valence-electron chi connectivity index (χ2n) is 10.5. The molecule has 0 saturated carbocycles. The zero-order chi connectivity index (χ0) is 30.3. The van der Waals surface area contributed by atoms with Gasteiger partial charge in [-0.25, -0.2) is 8.42 Å². The minimum atomic E-state index is -4.12. The van der Waals surface area contributed by atoms with Gasteiger partial charge in [-0.2, -0.15) is 0 Å². The van der Waals surface area contributed by atoms with Gasteiger partial charge in [-0.05, 0) is 82.5 Å². The summed E-state index contributed by atoms with van der Waals surface area (Å²) in [5.74, 6) is -0.198. The van der Waals surface area contributed by atoms with Crippen molar-refractivity contribution in [3.63, 3.8) is 0 Å². The van der Waals surface area contributed by atoms with E-state index in [1.54, 1.807) is 56.5 Å². The van der Waals surface area contributed by atoms with Crippen LogP contribution in [0, 0.1) is 20.8 Å². The number of anilines is 1. The monoisotopic (exact) mass is 579 g/mol. The average molecular weight is 580 g/mol. The molecule has 3 rings (SSSR count). The van der Waals surface area contributed by atoms with Crippen molar-refractivity contribution in [1.82, 2.24) is 10.2 Å². The highest BCUT2D eigenvalue weighted by Gasteiger charge is 2.33. The molecule has 220 valence electrons. The molecule has 0 fully saturated rings. The second kappa shape index (κ2) is 13.7. The Bertz CT molecular complexity index is 1470. The number of benzene rings is 3. The topological polar surface area (TPSA) is 96.0 Å². The fourth-order valence-electron chi connectivity index (χ4n) is 4.45. The normalized spacial score (nSPS) is 12.8. The predicted molar refractivity (Wildman–Crippen MR) is 163 cm³/mol. The van der Waals surface area contributed by atoms with Crippen LogP contribution in [0.1, 0.15) is 49.4 Å². The first-order valence-electron chi connectivity index (χ1n) is 13.8. The number of nitrogens with zero attached hydrogens (tertiary/aromatic N) is 2. The maximum absolute atomic E-state index is 14.1. The molecular weight excluding hydrogens is 538 g/mol. The van der Waals surface area contributed by atoms with Crippen molar-refractivity contribution in [3.05, 3.63) is 89.0 Å². The number of hydrogen-bond donors (Lipinski definition) is 1. The molecule has 0 aliphatic heterocycles. The Balaban J connectivity index is 2.07. The van der Waals surface area contributed by atoms with Crippen molar-refractivity contribution < 1.29 is 22.7 Å². The van der Waals surface area contributed by atoms with Crippen LogP contribution >= 0.6 is 0 Å². The van der Waals surface area contributed by atoms with Gasteiger partial charge in [0.05, 0.1) is 17.7 Å². The van der Waals surface area contributed by atoms with Gasteiger partial charge in [0, 0.05) is 12.6 Å². The fraction of sp³-hybridized carbons (Fsp3) is 0.375. The van der Waals surface area contributed by atoms with Crippen molar-refractivity contribution in [2.24, 2.45) is 0 Å². The Morgan fingerprint density at radius 2 is 1.59 bits per heavy atom. The van der Waals surface area contributed by atoms with Crippen LogP contribution in [0.15, 0.2) is 71.6 Å². The summed E-state index contributed by atoms with van der Waals surface area (Å²) in [6, 6.07) is 18.3. The molecule has 1 N–H and O–H groups in total. The van der Waals surface area contributed by atoms with Crippen molar-refractivity contribution in [2.75, 3.05) is 18.0 Å². The maximum atomic E-state index is 14.1. The summed E-state index contributed by atoms with van der Waals surface area (Å²) in [6.07, 6.45) is 0.734. The molecule has 0 bridgehead atoms. The first kappa shape index (κ1) is 31.7. The van der Waals surface area contributed by atoms with Crippen molar-refractivity contribution in [1.29, 1.82) is 0 Å². The van der Waals surface area contributed by atoms with Gasteiger partial charge >= 0.3 is 0 Å². The van der Waals surface area contributed by atoms with E-state index >= 15 is 0 Å². The molecule has 0 heterocycles. The summed E-state index contributed by atoms with van der Waals surface area (Å²) in [7, 11) is -2.56. The molecule has 2 atom stereocenters. The lowest BCUT2D eigenvalue weighted by Gasteiger charge is -2.33. The average Bonchev–Trinajstić information content (AvgIpc) is 2.94. The maximum Gasteiger partial charge on any atom is 0.264 e. The van der Waals surface area contributed by atoms with Crippen LogP contribution in [0.5, 0.6) is 5.75 Å². The Morgan fingerprint density at radius 1 is 0.927 bits per heavy atom. The molecule has 2 amide bonds. The minimum Gasteiger partial charge on any atom is -0.497 e. The van der Waals surface area contributed by atoms with Crippen LogP contribution < -0.4 is 14.4 Å². The molecule has 0 radical (unpaired) electrons. The van der Waals surface area contributed by atoms with E-state index in [2.05, 4.69) is 5.32 Å². The molecule has 3 aromatic rings. The highest BCUT2D eigenvalue weighted by atomic mass is 32.2. The summed E-state index contributed by atoms with van der Waals surface area (Å²) >= 11 is 0. The van der Waals surface area contributed by atoms with Crippen LogP contribution in [0.2, 0.25) is 0 Å². The molecule has 0 unspecified atom stereocenters. The zero-order valence-corrected chi connectivity index (χ0v) is 25.8. The van der Waals surface area contributed by atoms with Gasteiger partial charge in [0.25, 0.3) is 10.0 Å². The minimum absolute atomic E-state index is 0.0765. The highest BCUT2D eigenvalue weighted by Crippen LogP contribution is 2.28. The van der Waals surface area contributed by atoms with Crippen LogP contribution in [0.4, 0.5) is 5.69 Å². The first-order valence-corrected chi connectivity index (χ1v) is 15.2. The SMILES string of the molecule is CC[C@H](C)NC(=O)[C@H](C)N(Cc1cccc(OC)c1)C(=O)CN(c1ccc(C)cc1C)S(=O)(=O)c1ccc(C)cc1. The molecule has 0 spiro atoms. The van der Waals surface area contributed by atoms with Crippen LogP contribution in [0.3, 0.4) is 0 Å². The summed E-state index contributed by atoms with van der Waals surface area (Å²) in [6.45, 7) is 10.8.